The van der Waals surface area contributed by atoms with Crippen LogP contribution in [0.25, 0.3) is 0 Å². The molecule has 1 aliphatic heterocycles. The largest absolute Gasteiger partial charge is 0.426 e. The maximum absolute atomic E-state index is 12.9. The zero-order valence-electron chi connectivity index (χ0n) is 17.1. The van der Waals surface area contributed by atoms with Gasteiger partial charge in [0, 0.05) is 6.54 Å². The van der Waals surface area contributed by atoms with E-state index in [1.165, 1.54) is 4.90 Å². The van der Waals surface area contributed by atoms with Crippen LogP contribution in [0.2, 0.25) is 0 Å². The molecule has 5 aliphatic rings. The first-order valence-electron chi connectivity index (χ1n) is 10.6. The second kappa shape index (κ2) is 6.28. The minimum absolute atomic E-state index is 0.0214. The number of ether oxygens (including phenoxy) is 1. The van der Waals surface area contributed by atoms with Gasteiger partial charge in [-0.3, -0.25) is 19.3 Å². The molecule has 6 atom stereocenters. The minimum atomic E-state index is -0.423. The molecule has 0 aromatic heterocycles. The van der Waals surface area contributed by atoms with Gasteiger partial charge >= 0.3 is 5.97 Å². The molecule has 152 valence electrons. The second-order valence-electron chi connectivity index (χ2n) is 9.98. The summed E-state index contributed by atoms with van der Waals surface area (Å²) in [6.07, 6.45) is 5.48. The highest BCUT2D eigenvalue weighted by molar-refractivity contribution is 6.06. The summed E-state index contributed by atoms with van der Waals surface area (Å²) in [7, 11) is 0. The van der Waals surface area contributed by atoms with Gasteiger partial charge in [-0.05, 0) is 53.2 Å². The number of rotatable bonds is 4. The highest BCUT2D eigenvalue weighted by Crippen LogP contribution is 2.65. The molecule has 5 nitrogen and oxygen atoms in total. The number of imide groups is 1. The van der Waals surface area contributed by atoms with Crippen LogP contribution >= 0.6 is 0 Å². The van der Waals surface area contributed by atoms with Crippen molar-refractivity contribution in [1.29, 1.82) is 0 Å². The maximum atomic E-state index is 12.9. The van der Waals surface area contributed by atoms with Gasteiger partial charge in [0.05, 0.1) is 18.3 Å². The van der Waals surface area contributed by atoms with E-state index in [1.54, 1.807) is 12.1 Å². The topological polar surface area (TPSA) is 63.7 Å². The Labute approximate surface area is 171 Å². The second-order valence-corrected chi connectivity index (χ2v) is 9.98. The quantitative estimate of drug-likeness (QED) is 0.341. The van der Waals surface area contributed by atoms with Crippen LogP contribution in [0.5, 0.6) is 5.75 Å². The Balaban J connectivity index is 1.20. The van der Waals surface area contributed by atoms with Gasteiger partial charge in [0.2, 0.25) is 11.8 Å². The summed E-state index contributed by atoms with van der Waals surface area (Å²) < 4.78 is 5.41. The summed E-state index contributed by atoms with van der Waals surface area (Å²) in [5.74, 6) is 1.07. The van der Waals surface area contributed by atoms with Gasteiger partial charge in [0.1, 0.15) is 5.75 Å². The SMILES string of the molecule is CC(C)(C)c1ccc(OC(=O)CCN2C(=O)[C@@H]3[C@H]4C=C[C@@H]([C@@H]5C[C@H]45)[C@H]3C2=O)cc1. The Hall–Kier alpha value is -2.43. The minimum Gasteiger partial charge on any atom is -0.426 e. The Morgan fingerprint density at radius 1 is 1.00 bits per heavy atom. The number of allylic oxidation sites excluding steroid dienone is 2. The lowest BCUT2D eigenvalue weighted by Gasteiger charge is -2.37. The molecular weight excluding hydrogens is 366 g/mol. The van der Waals surface area contributed by atoms with Gasteiger partial charge < -0.3 is 4.74 Å². The molecule has 1 aromatic rings. The van der Waals surface area contributed by atoms with Gasteiger partial charge in [-0.2, -0.15) is 0 Å². The molecule has 4 aliphatic carbocycles. The van der Waals surface area contributed by atoms with Crippen molar-refractivity contribution in [2.75, 3.05) is 6.54 Å². The van der Waals surface area contributed by atoms with Crippen LogP contribution in [0.4, 0.5) is 0 Å². The fourth-order valence-electron chi connectivity index (χ4n) is 5.65. The number of hydrogen-bond acceptors (Lipinski definition) is 4. The standard InChI is InChI=1S/C24H27NO4/c1-24(2,3)13-4-6-14(7-5-13)29-19(26)10-11-25-22(27)20-15-8-9-16(18-12-17(15)18)21(20)23(25)28/h4-9,15-18,20-21H,10-12H2,1-3H3/t15-,16-,17-,18+,20+,21+/m0/s1. The van der Waals surface area contributed by atoms with Crippen molar-refractivity contribution in [2.45, 2.75) is 39.0 Å². The van der Waals surface area contributed by atoms with Crippen LogP contribution in [0, 0.1) is 35.5 Å². The first-order chi connectivity index (χ1) is 13.8. The Bertz CT molecular complexity index is 874. The third-order valence-corrected chi connectivity index (χ3v) is 7.25. The Morgan fingerprint density at radius 2 is 1.55 bits per heavy atom. The van der Waals surface area contributed by atoms with E-state index in [9.17, 15) is 14.4 Å². The molecule has 2 amide bonds. The Kier molecular flexibility index (Phi) is 4.03. The van der Waals surface area contributed by atoms with Crippen LogP contribution in [0.15, 0.2) is 36.4 Å². The summed E-state index contributed by atoms with van der Waals surface area (Å²) in [6, 6.07) is 7.48. The van der Waals surface area contributed by atoms with Crippen molar-refractivity contribution < 1.29 is 19.1 Å². The van der Waals surface area contributed by atoms with E-state index in [0.717, 1.165) is 12.0 Å². The zero-order chi connectivity index (χ0) is 20.5. The summed E-state index contributed by atoms with van der Waals surface area (Å²) in [5.41, 5.74) is 1.19. The van der Waals surface area contributed by atoms with Crippen molar-refractivity contribution in [3.05, 3.63) is 42.0 Å². The highest BCUT2D eigenvalue weighted by Gasteiger charge is 2.66. The van der Waals surface area contributed by atoms with Gasteiger partial charge in [0.25, 0.3) is 0 Å². The van der Waals surface area contributed by atoms with Crippen molar-refractivity contribution in [3.63, 3.8) is 0 Å². The number of hydrogen-bond donors (Lipinski definition) is 0. The van der Waals surface area contributed by atoms with Gasteiger partial charge in [-0.15, -0.1) is 0 Å². The van der Waals surface area contributed by atoms with Crippen LogP contribution in [-0.2, 0) is 19.8 Å². The molecule has 0 N–H and O–H groups in total. The first kappa shape index (κ1) is 18.6. The third kappa shape index (κ3) is 2.93. The molecule has 1 heterocycles. The number of benzene rings is 1. The lowest BCUT2D eigenvalue weighted by Crippen LogP contribution is -2.40. The molecule has 1 saturated heterocycles. The zero-order valence-corrected chi connectivity index (χ0v) is 17.1. The monoisotopic (exact) mass is 393 g/mol. The lowest BCUT2D eigenvalue weighted by molar-refractivity contribution is -0.141. The predicted octanol–water partition coefficient (Wildman–Crippen LogP) is 3.33. The maximum Gasteiger partial charge on any atom is 0.312 e. The smallest absolute Gasteiger partial charge is 0.312 e. The number of carbonyl (C=O) groups excluding carboxylic acids is 3. The van der Waals surface area contributed by atoms with Crippen molar-refractivity contribution in [3.8, 4) is 5.75 Å². The summed E-state index contributed by atoms with van der Waals surface area (Å²) in [6.45, 7) is 6.49. The van der Waals surface area contributed by atoms with E-state index in [2.05, 4.69) is 32.9 Å². The number of carbonyl (C=O) groups is 3. The molecule has 3 fully saturated rings. The number of nitrogens with zero attached hydrogens (tertiary/aromatic N) is 1. The van der Waals surface area contributed by atoms with E-state index in [0.29, 0.717) is 17.6 Å². The van der Waals surface area contributed by atoms with E-state index in [4.69, 9.17) is 4.74 Å². The van der Waals surface area contributed by atoms with Crippen LogP contribution in [0.1, 0.15) is 39.2 Å². The number of amides is 2. The van der Waals surface area contributed by atoms with Gasteiger partial charge in [-0.1, -0.05) is 45.1 Å². The summed E-state index contributed by atoms with van der Waals surface area (Å²) in [4.78, 5) is 39.5. The molecule has 0 spiro atoms. The van der Waals surface area contributed by atoms with E-state index < -0.39 is 5.97 Å². The third-order valence-electron chi connectivity index (χ3n) is 7.25. The highest BCUT2D eigenvalue weighted by atomic mass is 16.5. The van der Waals surface area contributed by atoms with Crippen LogP contribution in [0.3, 0.4) is 0 Å². The molecule has 1 aromatic carbocycles. The molecule has 2 bridgehead atoms. The summed E-state index contributed by atoms with van der Waals surface area (Å²) >= 11 is 0. The number of likely N-dealkylation sites (tertiary alicyclic amines) is 1. The van der Waals surface area contributed by atoms with Gasteiger partial charge in [0.15, 0.2) is 0 Å². The van der Waals surface area contributed by atoms with E-state index in [-0.39, 0.29) is 53.9 Å². The van der Waals surface area contributed by atoms with Crippen molar-refractivity contribution in [1.82, 2.24) is 4.90 Å². The first-order valence-corrected chi connectivity index (χ1v) is 10.6. The van der Waals surface area contributed by atoms with Crippen LogP contribution in [-0.4, -0.2) is 29.2 Å². The van der Waals surface area contributed by atoms with Crippen molar-refractivity contribution >= 4 is 17.8 Å². The average molecular weight is 393 g/mol. The molecule has 6 rings (SSSR count). The Morgan fingerprint density at radius 3 is 2.07 bits per heavy atom. The molecule has 29 heavy (non-hydrogen) atoms. The number of esters is 1. The fourth-order valence-corrected chi connectivity index (χ4v) is 5.65. The molecule has 0 unspecified atom stereocenters. The molecule has 0 radical (unpaired) electrons. The molecule has 5 heteroatoms. The molecule has 2 saturated carbocycles. The normalized spacial score (nSPS) is 34.2. The predicted molar refractivity (Wildman–Crippen MR) is 107 cm³/mol. The summed E-state index contributed by atoms with van der Waals surface area (Å²) in [5, 5.41) is 0. The average Bonchev–Trinajstić information content (AvgIpc) is 3.45. The van der Waals surface area contributed by atoms with Crippen molar-refractivity contribution in [2.24, 2.45) is 35.5 Å². The van der Waals surface area contributed by atoms with Crippen LogP contribution < -0.4 is 4.74 Å². The fraction of sp³-hybridized carbons (Fsp3) is 0.542. The van der Waals surface area contributed by atoms with E-state index in [1.807, 2.05) is 12.1 Å². The molecular formula is C24H27NO4. The van der Waals surface area contributed by atoms with E-state index >= 15 is 0 Å². The van der Waals surface area contributed by atoms with Gasteiger partial charge in [-0.25, -0.2) is 0 Å². The lowest BCUT2D eigenvalue weighted by atomic mass is 9.63.